The zero-order valence-electron chi connectivity index (χ0n) is 16.0. The zero-order chi connectivity index (χ0) is 19.2. The van der Waals surface area contributed by atoms with Crippen molar-refractivity contribution in [2.75, 3.05) is 7.11 Å². The summed E-state index contributed by atoms with van der Waals surface area (Å²) in [6.45, 7) is 2.31. The van der Waals surface area contributed by atoms with Gasteiger partial charge < -0.3 is 4.74 Å². The molecule has 0 aliphatic heterocycles. The first-order chi connectivity index (χ1) is 13.8. The van der Waals surface area contributed by atoms with Gasteiger partial charge in [0.2, 0.25) is 0 Å². The Labute approximate surface area is 165 Å². The molecule has 28 heavy (non-hydrogen) atoms. The van der Waals surface area contributed by atoms with Crippen LogP contribution >= 0.6 is 0 Å². The Kier molecular flexibility index (Phi) is 5.59. The van der Waals surface area contributed by atoms with Gasteiger partial charge >= 0.3 is 0 Å². The van der Waals surface area contributed by atoms with Crippen molar-refractivity contribution in [2.24, 2.45) is 0 Å². The normalized spacial score (nSPS) is 11.1. The van der Waals surface area contributed by atoms with Gasteiger partial charge in [0.05, 0.1) is 18.3 Å². The van der Waals surface area contributed by atoms with Gasteiger partial charge in [-0.2, -0.15) is 0 Å². The molecule has 0 amide bonds. The summed E-state index contributed by atoms with van der Waals surface area (Å²) >= 11 is 0. The molecule has 0 bridgehead atoms. The molecule has 2 heterocycles. The van der Waals surface area contributed by atoms with E-state index >= 15 is 0 Å². The topological polar surface area (TPSA) is 38.2 Å². The largest absolute Gasteiger partial charge is 0.496 e. The van der Waals surface area contributed by atoms with Crippen LogP contribution in [0.1, 0.15) is 16.8 Å². The molecule has 4 rings (SSSR count). The standard InChI is InChI=1S/C24H23N3O/c1-28-24-11-5-3-9-21(24)17-27(16-19-7-6-14-25-15-19)18-22-13-12-20-8-2-4-10-23(20)26-22/h2-15H,16-18H2,1H3. The fraction of sp³-hybridized carbons (Fsp3) is 0.167. The zero-order valence-corrected chi connectivity index (χ0v) is 16.0. The van der Waals surface area contributed by atoms with Crippen molar-refractivity contribution in [3.05, 3.63) is 102 Å². The molecule has 0 saturated carbocycles. The number of methoxy groups -OCH3 is 1. The molecular formula is C24H23N3O. The molecule has 0 N–H and O–H groups in total. The minimum atomic E-state index is 0.748. The van der Waals surface area contributed by atoms with Gasteiger partial charge in [0.1, 0.15) is 5.75 Å². The Morgan fingerprint density at radius 2 is 1.68 bits per heavy atom. The van der Waals surface area contributed by atoms with Crippen molar-refractivity contribution in [1.82, 2.24) is 14.9 Å². The molecule has 0 saturated heterocycles. The number of aromatic nitrogens is 2. The van der Waals surface area contributed by atoms with E-state index in [0.29, 0.717) is 0 Å². The van der Waals surface area contributed by atoms with E-state index in [0.717, 1.165) is 47.5 Å². The third-order valence-corrected chi connectivity index (χ3v) is 4.76. The van der Waals surface area contributed by atoms with Gasteiger partial charge in [0.25, 0.3) is 0 Å². The maximum atomic E-state index is 5.55. The van der Waals surface area contributed by atoms with Crippen LogP contribution in [0.4, 0.5) is 0 Å². The second-order valence-corrected chi connectivity index (χ2v) is 6.81. The van der Waals surface area contributed by atoms with E-state index in [1.165, 1.54) is 5.56 Å². The third kappa shape index (κ3) is 4.35. The molecule has 140 valence electrons. The first-order valence-electron chi connectivity index (χ1n) is 9.39. The van der Waals surface area contributed by atoms with E-state index in [9.17, 15) is 0 Å². The Morgan fingerprint density at radius 1 is 0.821 bits per heavy atom. The molecule has 0 fully saturated rings. The minimum Gasteiger partial charge on any atom is -0.496 e. The molecular weight excluding hydrogens is 346 g/mol. The number of para-hydroxylation sites is 2. The molecule has 0 aliphatic rings. The van der Waals surface area contributed by atoms with Crippen LogP contribution in [0.5, 0.6) is 5.75 Å². The van der Waals surface area contributed by atoms with Crippen molar-refractivity contribution in [1.29, 1.82) is 0 Å². The lowest BCUT2D eigenvalue weighted by Crippen LogP contribution is -2.23. The fourth-order valence-corrected chi connectivity index (χ4v) is 3.42. The van der Waals surface area contributed by atoms with Crippen LogP contribution in [-0.4, -0.2) is 22.0 Å². The lowest BCUT2D eigenvalue weighted by atomic mass is 10.1. The molecule has 2 aromatic heterocycles. The van der Waals surface area contributed by atoms with Crippen molar-refractivity contribution in [3.8, 4) is 5.75 Å². The highest BCUT2D eigenvalue weighted by Gasteiger charge is 2.12. The molecule has 4 aromatic rings. The molecule has 4 nitrogen and oxygen atoms in total. The Morgan fingerprint density at radius 3 is 2.54 bits per heavy atom. The van der Waals surface area contributed by atoms with E-state index in [4.69, 9.17) is 9.72 Å². The van der Waals surface area contributed by atoms with Gasteiger partial charge in [0.15, 0.2) is 0 Å². The van der Waals surface area contributed by atoms with Crippen LogP contribution < -0.4 is 4.74 Å². The summed E-state index contributed by atoms with van der Waals surface area (Å²) in [5.41, 5.74) is 4.42. The maximum Gasteiger partial charge on any atom is 0.123 e. The van der Waals surface area contributed by atoms with Gasteiger partial charge in [-0.3, -0.25) is 14.9 Å². The van der Waals surface area contributed by atoms with Crippen LogP contribution in [-0.2, 0) is 19.6 Å². The van der Waals surface area contributed by atoms with E-state index < -0.39 is 0 Å². The number of nitrogens with zero attached hydrogens (tertiary/aromatic N) is 3. The van der Waals surface area contributed by atoms with Crippen LogP contribution in [0.3, 0.4) is 0 Å². The fourth-order valence-electron chi connectivity index (χ4n) is 3.42. The lowest BCUT2D eigenvalue weighted by molar-refractivity contribution is 0.240. The lowest BCUT2D eigenvalue weighted by Gasteiger charge is -2.23. The molecule has 4 heteroatoms. The van der Waals surface area contributed by atoms with Gasteiger partial charge in [-0.15, -0.1) is 0 Å². The molecule has 0 spiro atoms. The number of hydrogen-bond acceptors (Lipinski definition) is 4. The number of ether oxygens (including phenoxy) is 1. The predicted octanol–water partition coefficient (Wildman–Crippen LogP) is 4.84. The van der Waals surface area contributed by atoms with Gasteiger partial charge in [-0.25, -0.2) is 0 Å². The Bertz CT molecular complexity index is 1050. The Hall–Kier alpha value is -3.24. The summed E-state index contributed by atoms with van der Waals surface area (Å²) in [5.74, 6) is 0.908. The summed E-state index contributed by atoms with van der Waals surface area (Å²) in [7, 11) is 1.72. The molecule has 2 aromatic carbocycles. The van der Waals surface area contributed by atoms with Crippen LogP contribution in [0, 0.1) is 0 Å². The van der Waals surface area contributed by atoms with Crippen molar-refractivity contribution >= 4 is 10.9 Å². The van der Waals surface area contributed by atoms with Gasteiger partial charge in [-0.1, -0.05) is 48.5 Å². The minimum absolute atomic E-state index is 0.748. The second kappa shape index (κ2) is 8.63. The molecule has 0 aliphatic carbocycles. The average Bonchev–Trinajstić information content (AvgIpc) is 2.75. The van der Waals surface area contributed by atoms with E-state index in [2.05, 4.69) is 46.3 Å². The predicted molar refractivity (Wildman–Crippen MR) is 112 cm³/mol. The first kappa shape index (κ1) is 18.1. The summed E-state index contributed by atoms with van der Waals surface area (Å²) in [4.78, 5) is 11.5. The summed E-state index contributed by atoms with van der Waals surface area (Å²) < 4.78 is 5.55. The number of pyridine rings is 2. The first-order valence-corrected chi connectivity index (χ1v) is 9.39. The maximum absolute atomic E-state index is 5.55. The SMILES string of the molecule is COc1ccccc1CN(Cc1cccnc1)Cc1ccc2ccccc2n1. The van der Waals surface area contributed by atoms with E-state index in [1.54, 1.807) is 13.3 Å². The van der Waals surface area contributed by atoms with Gasteiger partial charge in [0, 0.05) is 43.0 Å². The Balaban J connectivity index is 1.61. The van der Waals surface area contributed by atoms with Crippen molar-refractivity contribution in [2.45, 2.75) is 19.6 Å². The smallest absolute Gasteiger partial charge is 0.123 e. The quantitative estimate of drug-likeness (QED) is 0.467. The number of hydrogen-bond donors (Lipinski definition) is 0. The van der Waals surface area contributed by atoms with Gasteiger partial charge in [-0.05, 0) is 29.8 Å². The highest BCUT2D eigenvalue weighted by molar-refractivity contribution is 5.78. The molecule has 0 unspecified atom stereocenters. The number of fused-ring (bicyclic) bond motifs is 1. The highest BCUT2D eigenvalue weighted by Crippen LogP contribution is 2.22. The van der Waals surface area contributed by atoms with Crippen LogP contribution in [0.25, 0.3) is 10.9 Å². The second-order valence-electron chi connectivity index (χ2n) is 6.81. The monoisotopic (exact) mass is 369 g/mol. The number of benzene rings is 2. The highest BCUT2D eigenvalue weighted by atomic mass is 16.5. The number of rotatable bonds is 7. The van der Waals surface area contributed by atoms with Crippen molar-refractivity contribution in [3.63, 3.8) is 0 Å². The third-order valence-electron chi connectivity index (χ3n) is 4.76. The summed E-state index contributed by atoms with van der Waals surface area (Å²) in [6, 6.07) is 24.7. The molecule has 0 atom stereocenters. The summed E-state index contributed by atoms with van der Waals surface area (Å²) in [6.07, 6.45) is 3.72. The van der Waals surface area contributed by atoms with E-state index in [-0.39, 0.29) is 0 Å². The average molecular weight is 369 g/mol. The van der Waals surface area contributed by atoms with E-state index in [1.807, 2.05) is 42.6 Å². The van der Waals surface area contributed by atoms with Crippen molar-refractivity contribution < 1.29 is 4.74 Å². The van der Waals surface area contributed by atoms with Crippen LogP contribution in [0.2, 0.25) is 0 Å². The van der Waals surface area contributed by atoms with Crippen LogP contribution in [0.15, 0.2) is 85.2 Å². The molecule has 0 radical (unpaired) electrons. The summed E-state index contributed by atoms with van der Waals surface area (Å²) in [5, 5.41) is 1.16.